The monoisotopic (exact) mass is 367 g/mol. The molecule has 1 aromatic carbocycles. The van der Waals surface area contributed by atoms with Gasteiger partial charge < -0.3 is 4.74 Å². The van der Waals surface area contributed by atoms with E-state index in [2.05, 4.69) is 44.7 Å². The van der Waals surface area contributed by atoms with Crippen molar-refractivity contribution in [3.8, 4) is 0 Å². The number of nitrogens with zero attached hydrogens (tertiary/aromatic N) is 1. The quantitative estimate of drug-likeness (QED) is 0.637. The van der Waals surface area contributed by atoms with Crippen LogP contribution in [0.5, 0.6) is 0 Å². The second kappa shape index (κ2) is 10.2. The normalized spacial score (nSPS) is 16.8. The third-order valence-corrected chi connectivity index (χ3v) is 5.33. The number of esters is 1. The fourth-order valence-electron chi connectivity index (χ4n) is 4.02. The van der Waals surface area contributed by atoms with Crippen molar-refractivity contribution in [2.24, 2.45) is 0 Å². The molecule has 0 aromatic heterocycles. The highest BCUT2D eigenvalue weighted by Crippen LogP contribution is 2.40. The van der Waals surface area contributed by atoms with Crippen LogP contribution in [0.1, 0.15) is 65.4 Å². The molecule has 3 nitrogen and oxygen atoms in total. The van der Waals surface area contributed by atoms with Crippen LogP contribution in [0.3, 0.4) is 0 Å². The number of benzene rings is 1. The van der Waals surface area contributed by atoms with Crippen LogP contribution >= 0.6 is 12.4 Å². The fourth-order valence-corrected chi connectivity index (χ4v) is 4.02. The van der Waals surface area contributed by atoms with Gasteiger partial charge in [0.2, 0.25) is 0 Å². The first-order chi connectivity index (χ1) is 11.5. The Morgan fingerprint density at radius 2 is 1.60 bits per heavy atom. The number of ether oxygens (including phenoxy) is 1. The summed E-state index contributed by atoms with van der Waals surface area (Å²) in [5.41, 5.74) is 0.694. The van der Waals surface area contributed by atoms with Gasteiger partial charge >= 0.3 is 5.97 Å². The fraction of sp³-hybridized carbons (Fsp3) is 0.667. The molecule has 0 saturated heterocycles. The summed E-state index contributed by atoms with van der Waals surface area (Å²) < 4.78 is 5.79. The van der Waals surface area contributed by atoms with E-state index < -0.39 is 5.41 Å². The molecule has 1 aromatic rings. The van der Waals surface area contributed by atoms with Gasteiger partial charge in [0, 0.05) is 18.6 Å². The lowest BCUT2D eigenvalue weighted by molar-refractivity contribution is -0.153. The molecule has 4 heteroatoms. The van der Waals surface area contributed by atoms with E-state index in [4.69, 9.17) is 4.74 Å². The van der Waals surface area contributed by atoms with Gasteiger partial charge in [-0.2, -0.15) is 0 Å². The van der Waals surface area contributed by atoms with E-state index in [-0.39, 0.29) is 18.4 Å². The molecule has 0 spiro atoms. The third-order valence-electron chi connectivity index (χ3n) is 5.33. The predicted molar refractivity (Wildman–Crippen MR) is 106 cm³/mol. The molecule has 2 rings (SSSR count). The molecule has 0 heterocycles. The van der Waals surface area contributed by atoms with Gasteiger partial charge in [-0.15, -0.1) is 12.4 Å². The maximum absolute atomic E-state index is 13.0. The van der Waals surface area contributed by atoms with Crippen LogP contribution < -0.4 is 0 Å². The summed E-state index contributed by atoms with van der Waals surface area (Å²) in [6.07, 6.45) is 5.25. The molecular weight excluding hydrogens is 334 g/mol. The van der Waals surface area contributed by atoms with Gasteiger partial charge in [0.1, 0.15) is 6.61 Å². The Kier molecular flexibility index (Phi) is 8.95. The molecule has 142 valence electrons. The Hall–Kier alpha value is -1.06. The Balaban J connectivity index is 0.00000312. The van der Waals surface area contributed by atoms with E-state index in [1.54, 1.807) is 0 Å². The average Bonchev–Trinajstić information content (AvgIpc) is 2.59. The molecule has 0 unspecified atom stereocenters. The third kappa shape index (κ3) is 5.46. The van der Waals surface area contributed by atoms with E-state index in [0.29, 0.717) is 18.7 Å². The van der Waals surface area contributed by atoms with Crippen molar-refractivity contribution in [1.82, 2.24) is 4.90 Å². The second-order valence-corrected chi connectivity index (χ2v) is 7.57. The number of halogens is 1. The Labute approximate surface area is 159 Å². The number of carbonyl (C=O) groups is 1. The summed E-state index contributed by atoms with van der Waals surface area (Å²) >= 11 is 0. The van der Waals surface area contributed by atoms with Crippen LogP contribution in [0.4, 0.5) is 0 Å². The minimum atomic E-state index is -0.431. The van der Waals surface area contributed by atoms with E-state index in [9.17, 15) is 4.79 Å². The van der Waals surface area contributed by atoms with E-state index >= 15 is 0 Å². The van der Waals surface area contributed by atoms with Crippen LogP contribution in [0.15, 0.2) is 30.3 Å². The van der Waals surface area contributed by atoms with E-state index in [0.717, 1.165) is 37.8 Å². The zero-order valence-corrected chi connectivity index (χ0v) is 17.0. The SMILES string of the molecule is CC(C)N(CCOC(=O)C1(c2ccccc2)CCCCC1)C(C)C.Cl. The largest absolute Gasteiger partial charge is 0.464 e. The van der Waals surface area contributed by atoms with Crippen molar-refractivity contribution in [3.05, 3.63) is 35.9 Å². The number of hydrogen-bond acceptors (Lipinski definition) is 3. The highest BCUT2D eigenvalue weighted by atomic mass is 35.5. The molecular formula is C21H34ClNO2. The van der Waals surface area contributed by atoms with Crippen LogP contribution in [0.25, 0.3) is 0 Å². The van der Waals surface area contributed by atoms with Gasteiger partial charge in [-0.1, -0.05) is 49.6 Å². The topological polar surface area (TPSA) is 29.5 Å². The molecule has 1 fully saturated rings. The Morgan fingerprint density at radius 1 is 1.04 bits per heavy atom. The van der Waals surface area contributed by atoms with E-state index in [1.165, 1.54) is 6.42 Å². The van der Waals surface area contributed by atoms with Crippen molar-refractivity contribution in [1.29, 1.82) is 0 Å². The highest BCUT2D eigenvalue weighted by molar-refractivity contribution is 5.85. The van der Waals surface area contributed by atoms with Gasteiger partial charge in [-0.3, -0.25) is 9.69 Å². The highest BCUT2D eigenvalue weighted by Gasteiger charge is 2.42. The molecule has 1 saturated carbocycles. The van der Waals surface area contributed by atoms with Gasteiger partial charge in [0.15, 0.2) is 0 Å². The van der Waals surface area contributed by atoms with Crippen molar-refractivity contribution in [2.45, 2.75) is 77.3 Å². The summed E-state index contributed by atoms with van der Waals surface area (Å²) in [6, 6.07) is 11.1. The zero-order chi connectivity index (χ0) is 17.6. The molecule has 0 N–H and O–H groups in total. The van der Waals surface area contributed by atoms with Crippen molar-refractivity contribution >= 4 is 18.4 Å². The maximum Gasteiger partial charge on any atom is 0.316 e. The lowest BCUT2D eigenvalue weighted by Gasteiger charge is -2.36. The predicted octanol–water partition coefficient (Wildman–Crippen LogP) is 4.97. The summed E-state index contributed by atoms with van der Waals surface area (Å²) in [5, 5.41) is 0. The number of hydrogen-bond donors (Lipinski definition) is 0. The minimum Gasteiger partial charge on any atom is -0.464 e. The lowest BCUT2D eigenvalue weighted by atomic mass is 9.69. The summed E-state index contributed by atoms with van der Waals surface area (Å²) in [5.74, 6) is -0.0270. The first kappa shape index (κ1) is 22.0. The maximum atomic E-state index is 13.0. The molecule has 0 atom stereocenters. The van der Waals surface area contributed by atoms with Crippen molar-refractivity contribution in [3.63, 3.8) is 0 Å². The van der Waals surface area contributed by atoms with Gasteiger partial charge in [-0.05, 0) is 46.1 Å². The molecule has 0 aliphatic heterocycles. The molecule has 0 bridgehead atoms. The first-order valence-corrected chi connectivity index (χ1v) is 9.46. The standard InChI is InChI=1S/C21H33NO2.ClH/c1-17(2)22(18(3)4)15-16-24-20(23)21(13-9-6-10-14-21)19-11-7-5-8-12-19;/h5,7-8,11-12,17-18H,6,9-10,13-16H2,1-4H3;1H. The Bertz CT molecular complexity index is 502. The van der Waals surface area contributed by atoms with Crippen LogP contribution in [0.2, 0.25) is 0 Å². The van der Waals surface area contributed by atoms with Crippen LogP contribution in [-0.2, 0) is 14.9 Å². The number of carbonyl (C=O) groups excluding carboxylic acids is 1. The van der Waals surface area contributed by atoms with Crippen LogP contribution in [-0.4, -0.2) is 36.1 Å². The average molecular weight is 368 g/mol. The molecule has 1 aliphatic carbocycles. The number of rotatable bonds is 7. The molecule has 0 radical (unpaired) electrons. The Morgan fingerprint density at radius 3 is 2.12 bits per heavy atom. The van der Waals surface area contributed by atoms with Gasteiger partial charge in [-0.25, -0.2) is 0 Å². The van der Waals surface area contributed by atoms with Gasteiger partial charge in [0.05, 0.1) is 5.41 Å². The second-order valence-electron chi connectivity index (χ2n) is 7.57. The smallest absolute Gasteiger partial charge is 0.316 e. The summed E-state index contributed by atoms with van der Waals surface area (Å²) in [4.78, 5) is 15.4. The molecule has 25 heavy (non-hydrogen) atoms. The first-order valence-electron chi connectivity index (χ1n) is 9.46. The summed E-state index contributed by atoms with van der Waals surface area (Å²) in [6.45, 7) is 10.0. The lowest BCUT2D eigenvalue weighted by Crippen LogP contribution is -2.42. The van der Waals surface area contributed by atoms with E-state index in [1.807, 2.05) is 18.2 Å². The van der Waals surface area contributed by atoms with Crippen molar-refractivity contribution < 1.29 is 9.53 Å². The molecule has 1 aliphatic rings. The van der Waals surface area contributed by atoms with Crippen molar-refractivity contribution in [2.75, 3.05) is 13.2 Å². The van der Waals surface area contributed by atoms with Gasteiger partial charge in [0.25, 0.3) is 0 Å². The molecule has 0 amide bonds. The minimum absolute atomic E-state index is 0. The zero-order valence-electron chi connectivity index (χ0n) is 16.2. The van der Waals surface area contributed by atoms with Crippen LogP contribution in [0, 0.1) is 0 Å². The summed E-state index contributed by atoms with van der Waals surface area (Å²) in [7, 11) is 0.